The number of pyridine rings is 1. The Morgan fingerprint density at radius 1 is 1.02 bits per heavy atom. The maximum atomic E-state index is 13.1. The van der Waals surface area contributed by atoms with E-state index in [9.17, 15) is 20.1 Å². The molecule has 2 aromatic heterocycles. The van der Waals surface area contributed by atoms with Crippen molar-refractivity contribution in [2.75, 3.05) is 12.5 Å². The van der Waals surface area contributed by atoms with Gasteiger partial charge in [-0.2, -0.15) is 5.26 Å². The van der Waals surface area contributed by atoms with Crippen molar-refractivity contribution in [1.82, 2.24) is 8.96 Å². The van der Waals surface area contributed by atoms with Crippen molar-refractivity contribution in [1.29, 1.82) is 5.26 Å². The molecule has 1 atom stereocenters. The molecule has 0 aliphatic carbocycles. The highest BCUT2D eigenvalue weighted by atomic mass is 32.3. The van der Waals surface area contributed by atoms with Crippen LogP contribution >= 0.6 is 22.2 Å². The van der Waals surface area contributed by atoms with E-state index >= 15 is 0 Å². The maximum Gasteiger partial charge on any atom is 0.354 e. The zero-order valence-corrected chi connectivity index (χ0v) is 26.4. The average Bonchev–Trinajstić information content (AvgIpc) is 3.38. The number of hydrogen-bond acceptors (Lipinski definition) is 6. The van der Waals surface area contributed by atoms with Crippen molar-refractivity contribution >= 4 is 44.6 Å². The first-order chi connectivity index (χ1) is 21.2. The zero-order valence-electron chi connectivity index (χ0n) is 24.7. The van der Waals surface area contributed by atoms with E-state index in [1.165, 1.54) is 24.0 Å². The van der Waals surface area contributed by atoms with Gasteiger partial charge >= 0.3 is 5.97 Å². The number of carbonyl (C=O) groups is 1. The van der Waals surface area contributed by atoms with Gasteiger partial charge in [0.25, 0.3) is 0 Å². The molecule has 0 bridgehead atoms. The third-order valence-electron chi connectivity index (χ3n) is 7.52. The van der Waals surface area contributed by atoms with Gasteiger partial charge in [-0.25, -0.2) is 9.78 Å². The number of rotatable bonds is 9. The minimum absolute atomic E-state index is 0.0425. The highest BCUT2D eigenvalue weighted by Gasteiger charge is 2.33. The molecule has 9 heteroatoms. The molecule has 0 spiro atoms. The summed E-state index contributed by atoms with van der Waals surface area (Å²) in [6.07, 6.45) is 6.97. The first kappa shape index (κ1) is 30.5. The Hall–Kier alpha value is -4.91. The van der Waals surface area contributed by atoms with E-state index in [2.05, 4.69) is 28.3 Å². The second-order valence-electron chi connectivity index (χ2n) is 10.3. The van der Waals surface area contributed by atoms with Crippen molar-refractivity contribution in [3.8, 4) is 28.5 Å². The second-order valence-corrected chi connectivity index (χ2v) is 13.8. The Balaban J connectivity index is 1.94. The van der Waals surface area contributed by atoms with Gasteiger partial charge in [0.15, 0.2) is 0 Å². The Labute approximate surface area is 262 Å². The number of fused-ring (bicyclic) bond motifs is 1. The van der Waals surface area contributed by atoms with Crippen molar-refractivity contribution in [2.45, 2.75) is 18.7 Å². The van der Waals surface area contributed by atoms with Crippen LogP contribution in [0, 0.1) is 30.1 Å². The highest BCUT2D eigenvalue weighted by molar-refractivity contribution is 8.31. The van der Waals surface area contributed by atoms with Crippen LogP contribution in [0.3, 0.4) is 0 Å². The summed E-state index contributed by atoms with van der Waals surface area (Å²) in [5, 5.41) is 20.4. The number of thioether (sulfide) groups is 1. The van der Waals surface area contributed by atoms with Crippen molar-refractivity contribution in [3.63, 3.8) is 0 Å². The summed E-state index contributed by atoms with van der Waals surface area (Å²) in [5.74, 6) is -1.10. The van der Waals surface area contributed by atoms with Gasteiger partial charge in [-0.15, -0.1) is 16.7 Å². The zero-order chi connectivity index (χ0) is 31.6. The van der Waals surface area contributed by atoms with Crippen LogP contribution < -0.4 is 0 Å². The third-order valence-corrected chi connectivity index (χ3v) is 10.8. The summed E-state index contributed by atoms with van der Waals surface area (Å²) < 4.78 is 5.90. The van der Waals surface area contributed by atoms with E-state index in [4.69, 9.17) is 0 Å². The third kappa shape index (κ3) is 5.34. The summed E-state index contributed by atoms with van der Waals surface area (Å²) in [7, 11) is -2.56. The smallest absolute Gasteiger partial charge is 0.354 e. The number of benzene rings is 3. The molecule has 1 N–H and O–H groups in total. The number of aromatic nitrogens is 2. The predicted molar refractivity (Wildman–Crippen MR) is 183 cm³/mol. The minimum atomic E-state index is -2.56. The van der Waals surface area contributed by atoms with Crippen molar-refractivity contribution in [2.24, 2.45) is 4.58 Å². The number of allylic oxidation sites excluding steroid dienone is 3. The lowest BCUT2D eigenvalue weighted by atomic mass is 9.95. The second kappa shape index (κ2) is 12.4. The summed E-state index contributed by atoms with van der Waals surface area (Å²) >= 11 is 1.34. The van der Waals surface area contributed by atoms with Gasteiger partial charge in [-0.3, -0.25) is 3.97 Å². The van der Waals surface area contributed by atoms with Crippen LogP contribution in [0.4, 0.5) is 0 Å². The van der Waals surface area contributed by atoms with E-state index in [1.807, 2.05) is 91.0 Å². The summed E-state index contributed by atoms with van der Waals surface area (Å²) in [5.41, 5.74) is 7.39. The fourth-order valence-corrected chi connectivity index (χ4v) is 7.93. The lowest BCUT2D eigenvalue weighted by Gasteiger charge is -2.33. The number of nitrogens with zero attached hydrogens (tertiary/aromatic N) is 4. The van der Waals surface area contributed by atoms with Crippen LogP contribution in [0.1, 0.15) is 27.2 Å². The fourth-order valence-electron chi connectivity index (χ4n) is 5.32. The first-order valence-corrected chi connectivity index (χ1v) is 16.8. The van der Waals surface area contributed by atoms with Gasteiger partial charge < -0.3 is 5.11 Å². The number of nitriles is 1. The largest absolute Gasteiger partial charge is 0.477 e. The quantitative estimate of drug-likeness (QED) is 0.100. The molecule has 7 nitrogen and oxygen atoms in total. The fraction of sp³-hybridized carbons (Fsp3) is 0.114. The molecule has 0 saturated heterocycles. The van der Waals surface area contributed by atoms with Crippen LogP contribution in [-0.4, -0.2) is 32.5 Å². The maximum absolute atomic E-state index is 13.1. The lowest BCUT2D eigenvalue weighted by molar-refractivity contribution is 0.0690. The van der Waals surface area contributed by atoms with Crippen LogP contribution in [0.15, 0.2) is 112 Å². The molecule has 5 aromatic rings. The molecule has 0 aliphatic rings. The molecule has 2 heterocycles. The standard InChI is InChI=1S/C35H30N4O3S2/c1-6-28(32(20-36)43-4)33-29-18-23(3)12-17-31(29)39(44(5,38-42)27-14-10-22(2)11-15-27)34(33)25-9-7-8-24(19-25)26-13-16-30(35(40)41)37-21-26/h6-19,21H,1H2,2-5H3,(H,40,41)/b32-28+. The van der Waals surface area contributed by atoms with Gasteiger partial charge in [0.2, 0.25) is 0 Å². The van der Waals surface area contributed by atoms with Crippen LogP contribution in [-0.2, 0) is 0 Å². The average molecular weight is 619 g/mol. The number of carboxylic acids is 1. The molecule has 220 valence electrons. The number of aryl methyl sites for hydroxylation is 2. The van der Waals surface area contributed by atoms with E-state index in [0.29, 0.717) is 10.5 Å². The topological polar surface area (TPSA) is 108 Å². The SMILES string of the molecule is C=C/C(=C(/C#N)SC)c1c(-c2cccc(-c3ccc(C(=O)O)nc3)c2)n(S(C)(N=O)c2ccc(C)cc2)c2ccc(C)cc12. The molecule has 0 saturated carbocycles. The summed E-state index contributed by atoms with van der Waals surface area (Å²) in [6, 6.07) is 27.3. The Kier molecular flexibility index (Phi) is 8.59. The van der Waals surface area contributed by atoms with Crippen LogP contribution in [0.25, 0.3) is 38.9 Å². The number of nitroso groups, excluding NO2 is 1. The molecule has 0 aliphatic heterocycles. The summed E-state index contributed by atoms with van der Waals surface area (Å²) in [4.78, 5) is 29.9. The monoisotopic (exact) mass is 618 g/mol. The normalized spacial score (nSPS) is 13.8. The molecule has 5 rings (SSSR count). The first-order valence-electron chi connectivity index (χ1n) is 13.6. The molecule has 44 heavy (non-hydrogen) atoms. The molecule has 0 radical (unpaired) electrons. The van der Waals surface area contributed by atoms with Gasteiger partial charge in [-0.1, -0.05) is 66.2 Å². The Morgan fingerprint density at radius 3 is 2.32 bits per heavy atom. The molecule has 3 aromatic carbocycles. The van der Waals surface area contributed by atoms with Crippen molar-refractivity contribution in [3.05, 3.63) is 130 Å². The van der Waals surface area contributed by atoms with Gasteiger partial charge in [-0.05, 0) is 62.1 Å². The Morgan fingerprint density at radius 2 is 1.73 bits per heavy atom. The Bertz CT molecular complexity index is 2010. The summed E-state index contributed by atoms with van der Waals surface area (Å²) in [6.45, 7) is 8.11. The van der Waals surface area contributed by atoms with Crippen molar-refractivity contribution < 1.29 is 9.90 Å². The van der Waals surface area contributed by atoms with Gasteiger partial charge in [0.05, 0.1) is 16.1 Å². The van der Waals surface area contributed by atoms with E-state index in [0.717, 1.165) is 54.9 Å². The molecule has 0 amide bonds. The molecular weight excluding hydrogens is 589 g/mol. The van der Waals surface area contributed by atoms with Crippen LogP contribution in [0.2, 0.25) is 0 Å². The van der Waals surface area contributed by atoms with E-state index in [-0.39, 0.29) is 5.69 Å². The highest BCUT2D eigenvalue weighted by Crippen LogP contribution is 2.60. The lowest BCUT2D eigenvalue weighted by Crippen LogP contribution is -2.09. The van der Waals surface area contributed by atoms with Gasteiger partial charge in [0, 0.05) is 60.0 Å². The molecular formula is C35H30N4O3S2. The van der Waals surface area contributed by atoms with E-state index < -0.39 is 16.4 Å². The predicted octanol–water partition coefficient (Wildman–Crippen LogP) is 9.41. The number of aromatic carboxylic acids is 1. The minimum Gasteiger partial charge on any atom is -0.477 e. The number of hydrogen-bond donors (Lipinski definition) is 1. The molecule has 1 unspecified atom stereocenters. The molecule has 0 fully saturated rings. The number of carboxylic acid groups (broad SMARTS) is 1. The van der Waals surface area contributed by atoms with Gasteiger partial charge in [0.1, 0.15) is 11.8 Å². The van der Waals surface area contributed by atoms with E-state index in [1.54, 1.807) is 12.1 Å². The van der Waals surface area contributed by atoms with Crippen LogP contribution in [0.5, 0.6) is 0 Å².